The number of hydrogen-bond donors (Lipinski definition) is 2. The van der Waals surface area contributed by atoms with E-state index in [9.17, 15) is 4.79 Å². The molecule has 33 heavy (non-hydrogen) atoms. The predicted octanol–water partition coefficient (Wildman–Crippen LogP) is 3.94. The van der Waals surface area contributed by atoms with Gasteiger partial charge in [-0.3, -0.25) is 10.3 Å². The van der Waals surface area contributed by atoms with Crippen molar-refractivity contribution in [2.75, 3.05) is 12.4 Å². The lowest BCUT2D eigenvalue weighted by Crippen LogP contribution is -2.19. The Balaban J connectivity index is 1.67. The zero-order valence-corrected chi connectivity index (χ0v) is 18.9. The molecule has 1 aliphatic carbocycles. The molecule has 0 aliphatic heterocycles. The van der Waals surface area contributed by atoms with Crippen molar-refractivity contribution in [3.63, 3.8) is 0 Å². The molecule has 0 atom stereocenters. The largest absolute Gasteiger partial charge is 0.399 e. The van der Waals surface area contributed by atoms with Crippen LogP contribution in [0.2, 0.25) is 0 Å². The van der Waals surface area contributed by atoms with Crippen LogP contribution in [0.1, 0.15) is 22.5 Å². The van der Waals surface area contributed by atoms with Crippen molar-refractivity contribution in [1.82, 2.24) is 19.7 Å². The van der Waals surface area contributed by atoms with Gasteiger partial charge in [0.2, 0.25) is 0 Å². The highest BCUT2D eigenvalue weighted by molar-refractivity contribution is 7.19. The number of fused-ring (bicyclic) bond motifs is 3. The van der Waals surface area contributed by atoms with Crippen LogP contribution < -0.4 is 11.1 Å². The molecule has 4 aromatic rings. The Hall–Kier alpha value is -4.05. The lowest BCUT2D eigenvalue weighted by Gasteiger charge is -2.14. The quantitative estimate of drug-likeness (QED) is 0.346. The Kier molecular flexibility index (Phi) is 5.35. The average molecular weight is 460 g/mol. The van der Waals surface area contributed by atoms with Gasteiger partial charge in [-0.25, -0.2) is 14.5 Å². The van der Waals surface area contributed by atoms with Crippen LogP contribution in [0, 0.1) is 6.92 Å². The summed E-state index contributed by atoms with van der Waals surface area (Å²) in [5, 5.41) is 11.9. The average Bonchev–Trinajstić information content (AvgIpc) is 3.39. The van der Waals surface area contributed by atoms with Crippen LogP contribution in [0.3, 0.4) is 0 Å². The van der Waals surface area contributed by atoms with Crippen LogP contribution in [0.4, 0.5) is 9.93 Å². The van der Waals surface area contributed by atoms with Gasteiger partial charge in [0.1, 0.15) is 7.11 Å². The van der Waals surface area contributed by atoms with Gasteiger partial charge >= 0.3 is 6.03 Å². The van der Waals surface area contributed by atoms with Crippen molar-refractivity contribution < 1.29 is 9.63 Å². The van der Waals surface area contributed by atoms with Crippen molar-refractivity contribution in [3.8, 4) is 27.5 Å². The molecule has 0 saturated carbocycles. The van der Waals surface area contributed by atoms with E-state index >= 15 is 0 Å². The third kappa shape index (κ3) is 3.96. The molecular weight excluding hydrogens is 438 g/mol. The van der Waals surface area contributed by atoms with Gasteiger partial charge in [0.25, 0.3) is 0 Å². The topological polar surface area (TPSA) is 120 Å². The number of aryl methyl sites for hydroxylation is 2. The number of nitrogens with two attached hydrogens (primary N) is 1. The maximum atomic E-state index is 11.4. The summed E-state index contributed by atoms with van der Waals surface area (Å²) in [5.74, 6) is 0. The molecular formula is C23H21N7O2S. The summed E-state index contributed by atoms with van der Waals surface area (Å²) in [6, 6.07) is 11.3. The molecule has 3 N–H and O–H groups in total. The summed E-state index contributed by atoms with van der Waals surface area (Å²) in [6.07, 6.45) is 5.04. The number of rotatable bonds is 5. The number of amides is 2. The van der Waals surface area contributed by atoms with E-state index in [1.165, 1.54) is 18.4 Å². The highest BCUT2D eigenvalue weighted by Gasteiger charge is 2.30. The Morgan fingerprint density at radius 2 is 2.06 bits per heavy atom. The SMILES string of the molecule is CON=Cc1ccc(-n2nc(-c3ccc(C)nc3)c3c2-c2sc(NC(N)=O)nc2CC3)cc1. The summed E-state index contributed by atoms with van der Waals surface area (Å²) in [4.78, 5) is 26.2. The van der Waals surface area contributed by atoms with Crippen molar-refractivity contribution in [3.05, 3.63) is 65.1 Å². The number of hydrogen-bond acceptors (Lipinski definition) is 7. The van der Waals surface area contributed by atoms with E-state index in [4.69, 9.17) is 15.7 Å². The van der Waals surface area contributed by atoms with Crippen LogP contribution in [-0.2, 0) is 17.7 Å². The molecule has 2 amide bonds. The molecule has 5 rings (SSSR count). The Bertz CT molecular complexity index is 1350. The Morgan fingerprint density at radius 1 is 1.24 bits per heavy atom. The molecule has 9 nitrogen and oxygen atoms in total. The maximum absolute atomic E-state index is 11.4. The number of oxime groups is 1. The molecule has 0 radical (unpaired) electrons. The first-order valence-corrected chi connectivity index (χ1v) is 11.1. The second-order valence-electron chi connectivity index (χ2n) is 7.57. The number of pyridine rings is 1. The molecule has 10 heteroatoms. The molecule has 0 saturated heterocycles. The van der Waals surface area contributed by atoms with E-state index in [1.807, 2.05) is 54.2 Å². The number of anilines is 1. The molecule has 0 fully saturated rings. The number of aromatic nitrogens is 4. The molecule has 0 bridgehead atoms. The van der Waals surface area contributed by atoms with Crippen molar-refractivity contribution in [1.29, 1.82) is 0 Å². The fraction of sp³-hybridized carbons (Fsp3) is 0.174. The van der Waals surface area contributed by atoms with Gasteiger partial charge in [-0.05, 0) is 49.6 Å². The summed E-state index contributed by atoms with van der Waals surface area (Å²) in [7, 11) is 1.51. The number of nitrogens with one attached hydrogen (secondary N) is 1. The zero-order valence-electron chi connectivity index (χ0n) is 18.1. The lowest BCUT2D eigenvalue weighted by atomic mass is 9.95. The van der Waals surface area contributed by atoms with E-state index in [-0.39, 0.29) is 0 Å². The normalized spacial score (nSPS) is 12.4. The van der Waals surface area contributed by atoms with Gasteiger partial charge < -0.3 is 10.6 Å². The fourth-order valence-electron chi connectivity index (χ4n) is 3.87. The summed E-state index contributed by atoms with van der Waals surface area (Å²) in [5.41, 5.74) is 13.0. The van der Waals surface area contributed by atoms with Gasteiger partial charge in [0.15, 0.2) is 5.13 Å². The fourth-order valence-corrected chi connectivity index (χ4v) is 4.94. The third-order valence-corrected chi connectivity index (χ3v) is 6.39. The van der Waals surface area contributed by atoms with Crippen molar-refractivity contribution in [2.45, 2.75) is 19.8 Å². The van der Waals surface area contributed by atoms with Gasteiger partial charge in [0, 0.05) is 23.0 Å². The highest BCUT2D eigenvalue weighted by atomic mass is 32.1. The first-order valence-electron chi connectivity index (χ1n) is 10.3. The molecule has 3 aromatic heterocycles. The molecule has 0 spiro atoms. The zero-order chi connectivity index (χ0) is 22.9. The van der Waals surface area contributed by atoms with E-state index in [2.05, 4.69) is 20.4 Å². The van der Waals surface area contributed by atoms with Gasteiger partial charge in [-0.2, -0.15) is 5.10 Å². The number of urea groups is 1. The van der Waals surface area contributed by atoms with Crippen LogP contribution in [-0.4, -0.2) is 39.1 Å². The minimum absolute atomic E-state index is 0.484. The molecule has 166 valence electrons. The lowest BCUT2D eigenvalue weighted by molar-refractivity contribution is 0.215. The number of nitrogens with zero attached hydrogens (tertiary/aromatic N) is 5. The predicted molar refractivity (Wildman–Crippen MR) is 128 cm³/mol. The third-order valence-electron chi connectivity index (χ3n) is 5.37. The smallest absolute Gasteiger partial charge is 0.318 e. The molecule has 3 heterocycles. The molecule has 0 unspecified atom stereocenters. The second-order valence-corrected chi connectivity index (χ2v) is 8.57. The standard InChI is InChI=1S/C23H21N7O2S/c1-13-3-6-15(12-25-13)19-17-9-10-18-21(33-23(27-18)28-22(24)31)20(17)30(29-19)16-7-4-14(5-8-16)11-26-32-2/h3-8,11-12H,9-10H2,1-2H3,(H3,24,27,28,31). The van der Waals surface area contributed by atoms with Gasteiger partial charge in [0.05, 0.1) is 33.9 Å². The van der Waals surface area contributed by atoms with E-state index in [0.29, 0.717) is 5.13 Å². The molecule has 1 aromatic carbocycles. The summed E-state index contributed by atoms with van der Waals surface area (Å²) in [6.45, 7) is 1.96. The van der Waals surface area contributed by atoms with E-state index in [1.54, 1.807) is 6.21 Å². The van der Waals surface area contributed by atoms with Crippen LogP contribution in [0.25, 0.3) is 27.5 Å². The monoisotopic (exact) mass is 459 g/mol. The number of thiazole rings is 1. The van der Waals surface area contributed by atoms with Gasteiger partial charge in [-0.15, -0.1) is 0 Å². The number of primary amides is 1. The van der Waals surface area contributed by atoms with Crippen molar-refractivity contribution in [2.24, 2.45) is 10.9 Å². The Morgan fingerprint density at radius 3 is 2.76 bits per heavy atom. The summed E-state index contributed by atoms with van der Waals surface area (Å²) < 4.78 is 1.94. The van der Waals surface area contributed by atoms with Crippen LogP contribution in [0.5, 0.6) is 0 Å². The van der Waals surface area contributed by atoms with Crippen molar-refractivity contribution >= 4 is 28.7 Å². The summed E-state index contributed by atoms with van der Waals surface area (Å²) >= 11 is 1.40. The first-order chi connectivity index (χ1) is 16.0. The maximum Gasteiger partial charge on any atom is 0.318 e. The molecule has 1 aliphatic rings. The van der Waals surface area contributed by atoms with Crippen LogP contribution in [0.15, 0.2) is 47.8 Å². The highest BCUT2D eigenvalue weighted by Crippen LogP contribution is 2.44. The second kappa shape index (κ2) is 8.47. The number of carbonyl (C=O) groups is 1. The van der Waals surface area contributed by atoms with E-state index < -0.39 is 6.03 Å². The van der Waals surface area contributed by atoms with E-state index in [0.717, 1.165) is 62.9 Å². The minimum Gasteiger partial charge on any atom is -0.399 e. The number of benzene rings is 1. The minimum atomic E-state index is -0.630. The van der Waals surface area contributed by atoms with Crippen LogP contribution >= 0.6 is 11.3 Å². The number of carbonyl (C=O) groups excluding carboxylic acids is 1. The first kappa shape index (κ1) is 20.8. The van der Waals surface area contributed by atoms with Gasteiger partial charge in [-0.1, -0.05) is 28.6 Å². The Labute approximate surface area is 193 Å².